The molecule has 1 aliphatic rings. The third kappa shape index (κ3) is 5.32. The summed E-state index contributed by atoms with van der Waals surface area (Å²) in [5.41, 5.74) is 0.892. The largest absolute Gasteiger partial charge is 0.376 e. The van der Waals surface area contributed by atoms with Crippen molar-refractivity contribution in [3.63, 3.8) is 0 Å². The van der Waals surface area contributed by atoms with Crippen LogP contribution in [0.15, 0.2) is 29.4 Å². The summed E-state index contributed by atoms with van der Waals surface area (Å²) in [4.78, 5) is 21.3. The Hall–Kier alpha value is -1.86. The topological polar surface area (TPSA) is 76.1 Å². The smallest absolute Gasteiger partial charge is 0.230 e. The molecule has 0 bridgehead atoms. The molecule has 2 N–H and O–H groups in total. The summed E-state index contributed by atoms with van der Waals surface area (Å²) in [6.45, 7) is 4.43. The fourth-order valence-electron chi connectivity index (χ4n) is 2.85. The first kappa shape index (κ1) is 18.9. The van der Waals surface area contributed by atoms with E-state index < -0.39 is 0 Å². The molecule has 1 saturated heterocycles. The van der Waals surface area contributed by atoms with Gasteiger partial charge in [-0.25, -0.2) is 9.97 Å². The molecule has 26 heavy (non-hydrogen) atoms. The summed E-state index contributed by atoms with van der Waals surface area (Å²) in [5, 5.41) is 7.96. The van der Waals surface area contributed by atoms with Crippen molar-refractivity contribution >= 4 is 34.4 Å². The fourth-order valence-corrected chi connectivity index (χ4v) is 3.53. The molecule has 7 heteroatoms. The Bertz CT molecular complexity index is 735. The number of rotatable bonds is 9. The second kappa shape index (κ2) is 9.73. The SMILES string of the molecule is CCCCNc1nc(SCC(=O)NC[C@H]2CCCO2)nc2ccccc12. The fraction of sp³-hybridized carbons (Fsp3) is 0.526. The molecule has 1 aromatic heterocycles. The molecule has 1 atom stereocenters. The van der Waals surface area contributed by atoms with Gasteiger partial charge in [-0.3, -0.25) is 4.79 Å². The minimum Gasteiger partial charge on any atom is -0.376 e. The van der Waals surface area contributed by atoms with Crippen molar-refractivity contribution in [3.8, 4) is 0 Å². The van der Waals surface area contributed by atoms with E-state index in [1.165, 1.54) is 11.8 Å². The third-order valence-electron chi connectivity index (χ3n) is 4.29. The molecule has 6 nitrogen and oxygen atoms in total. The van der Waals surface area contributed by atoms with Crippen molar-refractivity contribution in [2.24, 2.45) is 0 Å². The normalized spacial score (nSPS) is 16.7. The lowest BCUT2D eigenvalue weighted by Gasteiger charge is -2.11. The summed E-state index contributed by atoms with van der Waals surface area (Å²) in [5.74, 6) is 1.13. The van der Waals surface area contributed by atoms with Gasteiger partial charge < -0.3 is 15.4 Å². The number of fused-ring (bicyclic) bond motifs is 1. The number of thioether (sulfide) groups is 1. The summed E-state index contributed by atoms with van der Waals surface area (Å²) in [7, 11) is 0. The number of anilines is 1. The molecule has 2 aromatic rings. The van der Waals surface area contributed by atoms with Crippen molar-refractivity contribution in [1.82, 2.24) is 15.3 Å². The molecule has 140 valence electrons. The number of para-hydroxylation sites is 1. The Labute approximate surface area is 158 Å². The monoisotopic (exact) mass is 374 g/mol. The van der Waals surface area contributed by atoms with Crippen LogP contribution in [0.2, 0.25) is 0 Å². The maximum atomic E-state index is 12.1. The summed E-state index contributed by atoms with van der Waals surface area (Å²) >= 11 is 1.36. The van der Waals surface area contributed by atoms with Gasteiger partial charge in [0.05, 0.1) is 17.4 Å². The average Bonchev–Trinajstić information content (AvgIpc) is 3.18. The number of hydrogen-bond donors (Lipinski definition) is 2. The highest BCUT2D eigenvalue weighted by molar-refractivity contribution is 7.99. The number of ether oxygens (including phenoxy) is 1. The van der Waals surface area contributed by atoms with E-state index in [9.17, 15) is 4.79 Å². The maximum absolute atomic E-state index is 12.1. The van der Waals surface area contributed by atoms with Gasteiger partial charge in [-0.05, 0) is 31.4 Å². The molecule has 0 radical (unpaired) electrons. The number of carbonyl (C=O) groups excluding carboxylic acids is 1. The first-order chi connectivity index (χ1) is 12.8. The lowest BCUT2D eigenvalue weighted by Crippen LogP contribution is -2.32. The standard InChI is InChI=1S/C19H26N4O2S/c1-2-3-10-20-18-15-8-4-5-9-16(15)22-19(23-18)26-13-17(24)21-12-14-7-6-11-25-14/h4-5,8-9,14H,2-3,6-7,10-13H2,1H3,(H,21,24)(H,20,22,23)/t14-/m1/s1. The zero-order valence-corrected chi connectivity index (χ0v) is 16.0. The Balaban J connectivity index is 1.60. The van der Waals surface area contributed by atoms with E-state index in [4.69, 9.17) is 4.74 Å². The lowest BCUT2D eigenvalue weighted by atomic mass is 10.2. The van der Waals surface area contributed by atoms with Crippen LogP contribution in [0.25, 0.3) is 10.9 Å². The highest BCUT2D eigenvalue weighted by atomic mass is 32.2. The quantitative estimate of drug-likeness (QED) is 0.399. The van der Waals surface area contributed by atoms with E-state index in [-0.39, 0.29) is 12.0 Å². The maximum Gasteiger partial charge on any atom is 0.230 e. The van der Waals surface area contributed by atoms with Gasteiger partial charge >= 0.3 is 0 Å². The van der Waals surface area contributed by atoms with E-state index in [0.29, 0.717) is 17.5 Å². The highest BCUT2D eigenvalue weighted by Gasteiger charge is 2.16. The van der Waals surface area contributed by atoms with Gasteiger partial charge in [0.1, 0.15) is 5.82 Å². The zero-order valence-electron chi connectivity index (χ0n) is 15.2. The van der Waals surface area contributed by atoms with Crippen molar-refractivity contribution in [3.05, 3.63) is 24.3 Å². The van der Waals surface area contributed by atoms with Gasteiger partial charge in [-0.2, -0.15) is 0 Å². The Morgan fingerprint density at radius 2 is 2.23 bits per heavy atom. The average molecular weight is 375 g/mol. The minimum absolute atomic E-state index is 0.0113. The molecule has 0 saturated carbocycles. The predicted molar refractivity (Wildman–Crippen MR) is 106 cm³/mol. The van der Waals surface area contributed by atoms with E-state index >= 15 is 0 Å². The van der Waals surface area contributed by atoms with Crippen LogP contribution in [-0.2, 0) is 9.53 Å². The number of nitrogens with one attached hydrogen (secondary N) is 2. The highest BCUT2D eigenvalue weighted by Crippen LogP contribution is 2.24. The number of benzene rings is 1. The molecule has 3 rings (SSSR count). The second-order valence-corrected chi connectivity index (χ2v) is 7.32. The summed E-state index contributed by atoms with van der Waals surface area (Å²) in [6, 6.07) is 7.95. The second-order valence-electron chi connectivity index (χ2n) is 6.38. The van der Waals surface area contributed by atoms with Gasteiger partial charge in [-0.15, -0.1) is 0 Å². The number of amides is 1. The van der Waals surface area contributed by atoms with Gasteiger partial charge in [0, 0.05) is 25.1 Å². The molecule has 0 aliphatic carbocycles. The number of unbranched alkanes of at least 4 members (excludes halogenated alkanes) is 1. The van der Waals surface area contributed by atoms with Crippen molar-refractivity contribution < 1.29 is 9.53 Å². The molecule has 1 aliphatic heterocycles. The van der Waals surface area contributed by atoms with Crippen molar-refractivity contribution in [1.29, 1.82) is 0 Å². The number of nitrogens with zero attached hydrogens (tertiary/aromatic N) is 2. The molecule has 2 heterocycles. The van der Waals surface area contributed by atoms with Crippen LogP contribution in [0.1, 0.15) is 32.6 Å². The van der Waals surface area contributed by atoms with Crippen LogP contribution >= 0.6 is 11.8 Å². The summed E-state index contributed by atoms with van der Waals surface area (Å²) < 4.78 is 5.52. The van der Waals surface area contributed by atoms with E-state index in [1.54, 1.807) is 0 Å². The Morgan fingerprint density at radius 3 is 3.04 bits per heavy atom. The number of aromatic nitrogens is 2. The van der Waals surface area contributed by atoms with Gasteiger partial charge in [0.25, 0.3) is 0 Å². The van der Waals surface area contributed by atoms with E-state index in [2.05, 4.69) is 27.5 Å². The van der Waals surface area contributed by atoms with Crippen LogP contribution in [0.3, 0.4) is 0 Å². The van der Waals surface area contributed by atoms with E-state index in [0.717, 1.165) is 55.6 Å². The first-order valence-electron chi connectivity index (χ1n) is 9.28. The van der Waals surface area contributed by atoms with Gasteiger partial charge in [-0.1, -0.05) is 37.2 Å². The Kier molecular flexibility index (Phi) is 7.08. The minimum atomic E-state index is -0.0113. The van der Waals surface area contributed by atoms with Crippen LogP contribution in [0.5, 0.6) is 0 Å². The van der Waals surface area contributed by atoms with Crippen LogP contribution in [0.4, 0.5) is 5.82 Å². The molecule has 1 aromatic carbocycles. The molecule has 1 amide bonds. The van der Waals surface area contributed by atoms with Crippen molar-refractivity contribution in [2.45, 2.75) is 43.9 Å². The number of hydrogen-bond acceptors (Lipinski definition) is 6. The predicted octanol–water partition coefficient (Wildman–Crippen LogP) is 3.23. The van der Waals surface area contributed by atoms with Crippen LogP contribution in [-0.4, -0.2) is 47.4 Å². The van der Waals surface area contributed by atoms with Crippen LogP contribution < -0.4 is 10.6 Å². The lowest BCUT2D eigenvalue weighted by molar-refractivity contribution is -0.119. The number of carbonyl (C=O) groups is 1. The van der Waals surface area contributed by atoms with Gasteiger partial charge in [0.15, 0.2) is 5.16 Å². The van der Waals surface area contributed by atoms with Crippen LogP contribution in [0, 0.1) is 0 Å². The molecule has 0 unspecified atom stereocenters. The molecule has 0 spiro atoms. The molecule has 1 fully saturated rings. The van der Waals surface area contributed by atoms with Crippen molar-refractivity contribution in [2.75, 3.05) is 30.8 Å². The Morgan fingerprint density at radius 1 is 1.35 bits per heavy atom. The van der Waals surface area contributed by atoms with Gasteiger partial charge in [0.2, 0.25) is 5.91 Å². The third-order valence-corrected chi connectivity index (χ3v) is 5.14. The zero-order chi connectivity index (χ0) is 18.2. The molecular weight excluding hydrogens is 348 g/mol. The summed E-state index contributed by atoms with van der Waals surface area (Å²) in [6.07, 6.45) is 4.48. The molecular formula is C19H26N4O2S. The van der Waals surface area contributed by atoms with E-state index in [1.807, 2.05) is 24.3 Å². The first-order valence-corrected chi connectivity index (χ1v) is 10.3.